The van der Waals surface area contributed by atoms with Crippen molar-refractivity contribution >= 4 is 15.7 Å². The standard InChI is InChI=1S/C24H27NO5S/c1-17-8-6-7-9-22(17)18(2)25(19-10-15-23(29-4)24(16-19)30-5)31(26,27)21-13-11-20(28-3)12-14-21/h6-16,18H,1-5H3. The maximum absolute atomic E-state index is 13.8. The summed E-state index contributed by atoms with van der Waals surface area (Å²) >= 11 is 0. The second-order valence-electron chi connectivity index (χ2n) is 7.05. The highest BCUT2D eigenvalue weighted by Gasteiger charge is 2.31. The van der Waals surface area contributed by atoms with Gasteiger partial charge in [0.2, 0.25) is 0 Å². The fraction of sp³-hybridized carbons (Fsp3) is 0.250. The molecule has 0 amide bonds. The molecule has 0 aliphatic rings. The average Bonchev–Trinajstić information content (AvgIpc) is 2.79. The van der Waals surface area contributed by atoms with Gasteiger partial charge >= 0.3 is 0 Å². The Kier molecular flexibility index (Phi) is 6.75. The SMILES string of the molecule is COc1ccc(S(=O)(=O)N(c2ccc(OC)c(OC)c2)C(C)c2ccccc2C)cc1. The van der Waals surface area contributed by atoms with Crippen molar-refractivity contribution in [1.82, 2.24) is 0 Å². The maximum Gasteiger partial charge on any atom is 0.264 e. The summed E-state index contributed by atoms with van der Waals surface area (Å²) in [4.78, 5) is 0.170. The predicted molar refractivity (Wildman–Crippen MR) is 122 cm³/mol. The summed E-state index contributed by atoms with van der Waals surface area (Å²) in [5, 5.41) is 0. The van der Waals surface area contributed by atoms with Crippen LogP contribution in [-0.2, 0) is 10.0 Å². The third-order valence-corrected chi connectivity index (χ3v) is 7.14. The molecule has 0 heterocycles. The lowest BCUT2D eigenvalue weighted by Gasteiger charge is -2.32. The Hall–Kier alpha value is -3.19. The molecule has 164 valence electrons. The van der Waals surface area contributed by atoms with E-state index in [1.54, 1.807) is 56.7 Å². The monoisotopic (exact) mass is 441 g/mol. The van der Waals surface area contributed by atoms with Gasteiger partial charge < -0.3 is 14.2 Å². The molecule has 1 atom stereocenters. The van der Waals surface area contributed by atoms with Gasteiger partial charge in [-0.05, 0) is 61.4 Å². The van der Waals surface area contributed by atoms with Crippen LogP contribution in [0.4, 0.5) is 5.69 Å². The first-order valence-corrected chi connectivity index (χ1v) is 11.2. The Morgan fingerprint density at radius 3 is 2.03 bits per heavy atom. The molecular weight excluding hydrogens is 414 g/mol. The minimum Gasteiger partial charge on any atom is -0.497 e. The van der Waals surface area contributed by atoms with E-state index < -0.39 is 16.1 Å². The largest absolute Gasteiger partial charge is 0.497 e. The zero-order chi connectivity index (χ0) is 22.6. The van der Waals surface area contributed by atoms with Crippen LogP contribution >= 0.6 is 0 Å². The van der Waals surface area contributed by atoms with Gasteiger partial charge in [0.05, 0.1) is 38.0 Å². The Balaban J connectivity index is 2.20. The zero-order valence-corrected chi connectivity index (χ0v) is 19.1. The van der Waals surface area contributed by atoms with Gasteiger partial charge in [0.25, 0.3) is 10.0 Å². The molecule has 3 aromatic carbocycles. The van der Waals surface area contributed by atoms with Crippen molar-refractivity contribution < 1.29 is 22.6 Å². The number of nitrogens with zero attached hydrogens (tertiary/aromatic N) is 1. The molecule has 0 spiro atoms. The highest BCUT2D eigenvalue weighted by molar-refractivity contribution is 7.92. The molecule has 0 aliphatic heterocycles. The Morgan fingerprint density at radius 1 is 0.806 bits per heavy atom. The topological polar surface area (TPSA) is 65.1 Å². The zero-order valence-electron chi connectivity index (χ0n) is 18.3. The highest BCUT2D eigenvalue weighted by atomic mass is 32.2. The fourth-order valence-electron chi connectivity index (χ4n) is 3.58. The lowest BCUT2D eigenvalue weighted by molar-refractivity contribution is 0.355. The normalized spacial score (nSPS) is 12.2. The number of benzene rings is 3. The lowest BCUT2D eigenvalue weighted by atomic mass is 10.0. The molecule has 0 aromatic heterocycles. The van der Waals surface area contributed by atoms with Crippen molar-refractivity contribution in [1.29, 1.82) is 0 Å². The summed E-state index contributed by atoms with van der Waals surface area (Å²) in [6, 6.07) is 18.8. The summed E-state index contributed by atoms with van der Waals surface area (Å²) in [5.74, 6) is 1.56. The summed E-state index contributed by atoms with van der Waals surface area (Å²) in [6.45, 7) is 3.85. The summed E-state index contributed by atoms with van der Waals surface area (Å²) < 4.78 is 45.0. The first-order valence-electron chi connectivity index (χ1n) is 9.79. The molecule has 1 unspecified atom stereocenters. The molecule has 7 heteroatoms. The predicted octanol–water partition coefficient (Wildman–Crippen LogP) is 4.98. The van der Waals surface area contributed by atoms with Crippen LogP contribution in [0, 0.1) is 6.92 Å². The van der Waals surface area contributed by atoms with Crippen molar-refractivity contribution in [3.8, 4) is 17.2 Å². The second kappa shape index (κ2) is 9.31. The molecule has 0 saturated carbocycles. The fourth-order valence-corrected chi connectivity index (χ4v) is 5.20. The van der Waals surface area contributed by atoms with E-state index in [1.165, 1.54) is 11.4 Å². The van der Waals surface area contributed by atoms with Crippen molar-refractivity contribution in [3.63, 3.8) is 0 Å². The van der Waals surface area contributed by atoms with Crippen LogP contribution in [0.3, 0.4) is 0 Å². The highest BCUT2D eigenvalue weighted by Crippen LogP contribution is 2.39. The van der Waals surface area contributed by atoms with E-state index in [0.29, 0.717) is 22.9 Å². The van der Waals surface area contributed by atoms with Gasteiger partial charge in [0, 0.05) is 6.07 Å². The lowest BCUT2D eigenvalue weighted by Crippen LogP contribution is -2.34. The second-order valence-corrected chi connectivity index (χ2v) is 8.86. The molecule has 0 saturated heterocycles. The number of sulfonamides is 1. The van der Waals surface area contributed by atoms with Gasteiger partial charge in [-0.2, -0.15) is 0 Å². The van der Waals surface area contributed by atoms with Crippen LogP contribution < -0.4 is 18.5 Å². The molecule has 3 aromatic rings. The van der Waals surface area contributed by atoms with E-state index in [9.17, 15) is 8.42 Å². The van der Waals surface area contributed by atoms with E-state index in [0.717, 1.165) is 11.1 Å². The smallest absolute Gasteiger partial charge is 0.264 e. The van der Waals surface area contributed by atoms with E-state index >= 15 is 0 Å². The number of aryl methyl sites for hydroxylation is 1. The molecule has 0 aliphatic carbocycles. The minimum absolute atomic E-state index is 0.170. The van der Waals surface area contributed by atoms with Crippen molar-refractivity contribution in [3.05, 3.63) is 77.9 Å². The van der Waals surface area contributed by atoms with E-state index in [1.807, 2.05) is 38.1 Å². The van der Waals surface area contributed by atoms with Gasteiger partial charge in [-0.1, -0.05) is 24.3 Å². The number of rotatable bonds is 8. The molecule has 0 N–H and O–H groups in total. The van der Waals surface area contributed by atoms with Crippen molar-refractivity contribution in [2.24, 2.45) is 0 Å². The Morgan fingerprint density at radius 2 is 1.45 bits per heavy atom. The van der Waals surface area contributed by atoms with Gasteiger partial charge in [0.1, 0.15) is 5.75 Å². The Bertz CT molecular complexity index is 1140. The van der Waals surface area contributed by atoms with Crippen LogP contribution in [0.1, 0.15) is 24.1 Å². The third-order valence-electron chi connectivity index (χ3n) is 5.23. The van der Waals surface area contributed by atoms with E-state index in [2.05, 4.69) is 0 Å². The molecular formula is C24H27NO5S. The van der Waals surface area contributed by atoms with Gasteiger partial charge in [0.15, 0.2) is 11.5 Å². The Labute approximate surface area is 184 Å². The molecule has 3 rings (SSSR count). The van der Waals surface area contributed by atoms with Crippen LogP contribution in [0.15, 0.2) is 71.6 Å². The van der Waals surface area contributed by atoms with E-state index in [-0.39, 0.29) is 4.90 Å². The number of methoxy groups -OCH3 is 3. The first kappa shape index (κ1) is 22.5. The number of hydrogen-bond donors (Lipinski definition) is 0. The summed E-state index contributed by atoms with van der Waals surface area (Å²) in [6.07, 6.45) is 0. The van der Waals surface area contributed by atoms with Crippen LogP contribution in [0.2, 0.25) is 0 Å². The van der Waals surface area contributed by atoms with Crippen molar-refractivity contribution in [2.75, 3.05) is 25.6 Å². The van der Waals surface area contributed by atoms with Crippen LogP contribution in [0.25, 0.3) is 0 Å². The molecule has 0 bridgehead atoms. The number of hydrogen-bond acceptors (Lipinski definition) is 5. The van der Waals surface area contributed by atoms with Crippen molar-refractivity contribution in [2.45, 2.75) is 24.8 Å². The molecule has 0 fully saturated rings. The average molecular weight is 442 g/mol. The summed E-state index contributed by atoms with van der Waals surface area (Å²) in [7, 11) is 0.699. The molecule has 31 heavy (non-hydrogen) atoms. The van der Waals surface area contributed by atoms with Gasteiger partial charge in [-0.15, -0.1) is 0 Å². The minimum atomic E-state index is -3.91. The first-order chi connectivity index (χ1) is 14.8. The van der Waals surface area contributed by atoms with E-state index in [4.69, 9.17) is 14.2 Å². The quantitative estimate of drug-likeness (QED) is 0.493. The third kappa shape index (κ3) is 4.46. The van der Waals surface area contributed by atoms with Gasteiger partial charge in [-0.25, -0.2) is 8.42 Å². The van der Waals surface area contributed by atoms with Crippen LogP contribution in [-0.4, -0.2) is 29.7 Å². The summed E-state index contributed by atoms with van der Waals surface area (Å²) in [5.41, 5.74) is 2.39. The number of ether oxygens (including phenoxy) is 3. The number of anilines is 1. The van der Waals surface area contributed by atoms with Gasteiger partial charge in [-0.3, -0.25) is 4.31 Å². The van der Waals surface area contributed by atoms with Crippen LogP contribution in [0.5, 0.6) is 17.2 Å². The molecule has 0 radical (unpaired) electrons. The molecule has 6 nitrogen and oxygen atoms in total. The maximum atomic E-state index is 13.8.